The Balaban J connectivity index is 1.39. The molecule has 4 saturated carbocycles. The number of carbonyl (C=O) groups excluding carboxylic acids is 1. The number of carbonyl (C=O) groups is 1. The standard InChI is InChI=1S/C39H55NO5S2/c1-25-8-7-18-38(5)33(31-15-11-27(20-30(41)14-9-25)21-32(31)36(42)35-16-10-26(2)46-35)17-19-39(38,43)24-40(47(6,44)45)23-28-12-13-29-22-34(28)37(29,3)4/h8,10-11,15-16,21,28-30,33-34,41,43H,7,9,12-14,17-20,22-24H2,1-6H3/t28-,29-,30-,33-,34-,38-,39+/m0/s1. The van der Waals surface area contributed by atoms with E-state index < -0.39 is 27.1 Å². The fourth-order valence-corrected chi connectivity index (χ4v) is 11.7. The number of aliphatic hydroxyl groups is 2. The Bertz CT molecular complexity index is 1640. The maximum atomic E-state index is 14.2. The van der Waals surface area contributed by atoms with Crippen molar-refractivity contribution in [3.05, 3.63) is 68.4 Å². The third kappa shape index (κ3) is 6.59. The van der Waals surface area contributed by atoms with Gasteiger partial charge in [-0.25, -0.2) is 8.42 Å². The summed E-state index contributed by atoms with van der Waals surface area (Å²) in [7, 11) is -3.58. The maximum absolute atomic E-state index is 14.2. The van der Waals surface area contributed by atoms with Crippen LogP contribution in [0.4, 0.5) is 0 Å². The molecule has 8 rings (SSSR count). The highest BCUT2D eigenvalue weighted by atomic mass is 32.2. The fraction of sp³-hybridized carbons (Fsp3) is 0.667. The number of nitrogens with zero attached hydrogens (tertiary/aromatic N) is 1. The summed E-state index contributed by atoms with van der Waals surface area (Å²) < 4.78 is 28.5. The third-order valence-corrected chi connectivity index (χ3v) is 15.4. The first-order valence-electron chi connectivity index (χ1n) is 17.8. The Kier molecular flexibility index (Phi) is 9.53. The van der Waals surface area contributed by atoms with Crippen molar-refractivity contribution in [1.29, 1.82) is 0 Å². The predicted octanol–water partition coefficient (Wildman–Crippen LogP) is 7.66. The molecule has 258 valence electrons. The van der Waals surface area contributed by atoms with E-state index in [2.05, 4.69) is 39.8 Å². The van der Waals surface area contributed by atoms with Crippen LogP contribution in [0.1, 0.15) is 123 Å². The van der Waals surface area contributed by atoms with E-state index in [4.69, 9.17) is 0 Å². The van der Waals surface area contributed by atoms with E-state index in [-0.39, 0.29) is 23.7 Å². The number of hydrogen-bond donors (Lipinski definition) is 2. The summed E-state index contributed by atoms with van der Waals surface area (Å²) in [6.07, 6.45) is 10.8. The topological polar surface area (TPSA) is 94.9 Å². The third-order valence-electron chi connectivity index (χ3n) is 13.2. The van der Waals surface area contributed by atoms with Gasteiger partial charge < -0.3 is 10.2 Å². The zero-order valence-corrected chi connectivity index (χ0v) is 30.9. The Morgan fingerprint density at radius 2 is 1.81 bits per heavy atom. The van der Waals surface area contributed by atoms with Crippen LogP contribution in [-0.2, 0) is 16.4 Å². The van der Waals surface area contributed by atoms with Crippen molar-refractivity contribution in [2.75, 3.05) is 19.3 Å². The highest BCUT2D eigenvalue weighted by Crippen LogP contribution is 2.62. The Labute approximate surface area is 286 Å². The summed E-state index contributed by atoms with van der Waals surface area (Å²) in [5.74, 6) is 1.40. The zero-order valence-electron chi connectivity index (χ0n) is 29.2. The number of fused-ring (bicyclic) bond motifs is 10. The van der Waals surface area contributed by atoms with Crippen molar-refractivity contribution in [3.8, 4) is 0 Å². The van der Waals surface area contributed by atoms with Crippen molar-refractivity contribution in [2.24, 2.45) is 28.6 Å². The molecule has 1 aromatic heterocycles. The van der Waals surface area contributed by atoms with E-state index in [0.717, 1.165) is 47.6 Å². The van der Waals surface area contributed by atoms with Gasteiger partial charge in [0.15, 0.2) is 0 Å². The summed E-state index contributed by atoms with van der Waals surface area (Å²) >= 11 is 1.49. The number of allylic oxidation sites excluding steroid dienone is 2. The molecule has 2 aromatic rings. The number of benzene rings is 1. The summed E-state index contributed by atoms with van der Waals surface area (Å²) in [6, 6.07) is 9.94. The molecule has 0 amide bonds. The number of thiophene rings is 1. The summed E-state index contributed by atoms with van der Waals surface area (Å²) in [5.41, 5.74) is 2.03. The SMILES string of the molecule is CC1=CCC[C@@]2(C)[C@@H](CC[C@@]2(O)CN(C[C@@H]2CC[C@H]3C[C@@H]2C3(C)C)S(C)(=O)=O)c2ccc(cc2C(=O)c2ccc(C)s2)C[C@@H](O)CC1. The molecular formula is C39H55NO5S2. The lowest BCUT2D eigenvalue weighted by Crippen LogP contribution is -2.58. The fourth-order valence-electron chi connectivity index (χ4n) is 9.94. The lowest BCUT2D eigenvalue weighted by Gasteiger charge is -2.60. The number of hydrogen-bond acceptors (Lipinski definition) is 6. The van der Waals surface area contributed by atoms with Crippen molar-refractivity contribution in [2.45, 2.75) is 116 Å². The van der Waals surface area contributed by atoms with Gasteiger partial charge in [-0.05, 0) is 136 Å². The van der Waals surface area contributed by atoms with Gasteiger partial charge in [0.25, 0.3) is 0 Å². The van der Waals surface area contributed by atoms with E-state index in [1.54, 1.807) is 4.31 Å². The second kappa shape index (κ2) is 12.8. The lowest BCUT2D eigenvalue weighted by atomic mass is 9.45. The van der Waals surface area contributed by atoms with Crippen molar-refractivity contribution >= 4 is 27.1 Å². The molecule has 1 heterocycles. The molecule has 1 aromatic carbocycles. The summed E-state index contributed by atoms with van der Waals surface area (Å²) in [4.78, 5) is 16.0. The minimum Gasteiger partial charge on any atom is -0.393 e. The van der Waals surface area contributed by atoms with Gasteiger partial charge in [0, 0.05) is 28.9 Å². The number of aliphatic hydroxyl groups excluding tert-OH is 1. The van der Waals surface area contributed by atoms with Crippen LogP contribution in [0.15, 0.2) is 42.0 Å². The largest absolute Gasteiger partial charge is 0.393 e. The van der Waals surface area contributed by atoms with E-state index in [0.29, 0.717) is 60.9 Å². The van der Waals surface area contributed by atoms with Crippen LogP contribution < -0.4 is 0 Å². The molecule has 6 aliphatic rings. The average molecular weight is 682 g/mol. The Morgan fingerprint density at radius 1 is 1.04 bits per heavy atom. The molecule has 0 radical (unpaired) electrons. The van der Waals surface area contributed by atoms with E-state index >= 15 is 0 Å². The molecule has 0 saturated heterocycles. The van der Waals surface area contributed by atoms with Crippen LogP contribution in [0.5, 0.6) is 0 Å². The molecular weight excluding hydrogens is 627 g/mol. The molecule has 4 bridgehead atoms. The number of ketones is 1. The first-order valence-corrected chi connectivity index (χ1v) is 20.4. The van der Waals surface area contributed by atoms with Gasteiger partial charge in [0.2, 0.25) is 15.8 Å². The molecule has 47 heavy (non-hydrogen) atoms. The number of aryl methyl sites for hydroxylation is 1. The molecule has 4 fully saturated rings. The summed E-state index contributed by atoms with van der Waals surface area (Å²) in [5, 5.41) is 23.7. The normalized spacial score (nSPS) is 34.0. The monoisotopic (exact) mass is 681 g/mol. The smallest absolute Gasteiger partial charge is 0.211 e. The van der Waals surface area contributed by atoms with Crippen molar-refractivity contribution in [1.82, 2.24) is 4.31 Å². The van der Waals surface area contributed by atoms with Crippen LogP contribution in [0.2, 0.25) is 0 Å². The summed E-state index contributed by atoms with van der Waals surface area (Å²) in [6.45, 7) is 11.5. The molecule has 0 spiro atoms. The van der Waals surface area contributed by atoms with Gasteiger partial charge in [-0.3, -0.25) is 4.79 Å². The molecule has 6 aliphatic carbocycles. The molecule has 2 N–H and O–H groups in total. The molecule has 6 nitrogen and oxygen atoms in total. The second-order valence-corrected chi connectivity index (χ2v) is 19.7. The van der Waals surface area contributed by atoms with Crippen LogP contribution >= 0.6 is 11.3 Å². The first kappa shape index (κ1) is 35.0. The van der Waals surface area contributed by atoms with Gasteiger partial charge in [-0.1, -0.05) is 44.6 Å². The van der Waals surface area contributed by atoms with Crippen LogP contribution in [0.3, 0.4) is 0 Å². The number of sulfonamides is 1. The maximum Gasteiger partial charge on any atom is 0.211 e. The highest BCUT2D eigenvalue weighted by Gasteiger charge is 2.59. The minimum atomic E-state index is -3.58. The van der Waals surface area contributed by atoms with E-state index in [1.807, 2.05) is 31.2 Å². The van der Waals surface area contributed by atoms with Crippen molar-refractivity contribution < 1.29 is 23.4 Å². The molecule has 7 atom stereocenters. The quantitative estimate of drug-likeness (QED) is 0.231. The predicted molar refractivity (Wildman–Crippen MR) is 190 cm³/mol. The van der Waals surface area contributed by atoms with Crippen LogP contribution in [0, 0.1) is 35.5 Å². The van der Waals surface area contributed by atoms with Gasteiger partial charge in [-0.15, -0.1) is 11.3 Å². The first-order chi connectivity index (χ1) is 22.0. The minimum absolute atomic E-state index is 0.0217. The number of rotatable bonds is 7. The van der Waals surface area contributed by atoms with E-state index in [1.165, 1.54) is 29.6 Å². The zero-order chi connectivity index (χ0) is 33.9. The molecule has 0 aliphatic heterocycles. The molecule has 8 heteroatoms. The van der Waals surface area contributed by atoms with Gasteiger partial charge in [0.05, 0.1) is 22.8 Å². The van der Waals surface area contributed by atoms with Crippen LogP contribution in [-0.4, -0.2) is 59.8 Å². The second-order valence-electron chi connectivity index (χ2n) is 16.4. The van der Waals surface area contributed by atoms with Crippen molar-refractivity contribution in [3.63, 3.8) is 0 Å². The van der Waals surface area contributed by atoms with Crippen LogP contribution in [0.25, 0.3) is 0 Å². The average Bonchev–Trinajstić information content (AvgIpc) is 3.55. The van der Waals surface area contributed by atoms with Gasteiger partial charge >= 0.3 is 0 Å². The van der Waals surface area contributed by atoms with Gasteiger partial charge in [0.1, 0.15) is 0 Å². The van der Waals surface area contributed by atoms with E-state index in [9.17, 15) is 23.4 Å². The van der Waals surface area contributed by atoms with Gasteiger partial charge in [-0.2, -0.15) is 4.31 Å². The lowest BCUT2D eigenvalue weighted by molar-refractivity contribution is -0.114. The molecule has 0 unspecified atom stereocenters. The highest BCUT2D eigenvalue weighted by molar-refractivity contribution is 7.88. The Morgan fingerprint density at radius 3 is 2.47 bits per heavy atom. The Hall–Kier alpha value is -1.84.